The zero-order chi connectivity index (χ0) is 35.4. The van der Waals surface area contributed by atoms with Crippen molar-refractivity contribution in [3.63, 3.8) is 0 Å². The molecule has 1 fully saturated rings. The molecule has 3 aliphatic rings. The Morgan fingerprint density at radius 1 is 0.860 bits per heavy atom. The van der Waals surface area contributed by atoms with Gasteiger partial charge in [0, 0.05) is 30.3 Å². The van der Waals surface area contributed by atoms with Crippen LogP contribution in [-0.2, 0) is 19.1 Å². The van der Waals surface area contributed by atoms with Crippen molar-refractivity contribution in [2.45, 2.75) is 18.9 Å². The number of hydrogen-bond acceptors (Lipinski definition) is 12. The van der Waals surface area contributed by atoms with Crippen LogP contribution in [0.2, 0.25) is 0 Å². The first-order valence-corrected chi connectivity index (χ1v) is 15.6. The summed E-state index contributed by atoms with van der Waals surface area (Å²) in [6.45, 7) is 1.22. The van der Waals surface area contributed by atoms with Crippen LogP contribution < -0.4 is 29.0 Å². The van der Waals surface area contributed by atoms with Gasteiger partial charge in [0.05, 0.1) is 63.6 Å². The molecule has 1 saturated heterocycles. The maximum Gasteiger partial charge on any atom is 0.338 e. The number of methoxy groups -OCH3 is 4. The number of rotatable bonds is 8. The van der Waals surface area contributed by atoms with Crippen molar-refractivity contribution in [2.24, 2.45) is 11.8 Å². The highest BCUT2D eigenvalue weighted by Crippen LogP contribution is 2.55. The van der Waals surface area contributed by atoms with Crippen molar-refractivity contribution in [3.05, 3.63) is 76.5 Å². The standard InChI is InChI=1S/C36H32N2O12/c1-16(39)38-13-21(29-18(35(42)47-5)7-6-8-23(29)38)32(40)34(41)37-31-20-12-25-24(49-15-50-25)11-19(20)28(30-22(31)14-48-36(30)43)17-9-26(44-2)33(46-4)27(10-17)45-3/h6-13,22,28,30-31H,14-15H2,1-5H3,(H,37,41)/t22-,28+,30-,31+/m0/s1. The second-order valence-corrected chi connectivity index (χ2v) is 12.0. The first-order chi connectivity index (χ1) is 24.1. The Hall–Kier alpha value is -6.05. The first-order valence-electron chi connectivity index (χ1n) is 15.6. The monoisotopic (exact) mass is 684 g/mol. The zero-order valence-corrected chi connectivity index (χ0v) is 27.7. The third-order valence-electron chi connectivity index (χ3n) is 9.54. The minimum atomic E-state index is -1.02. The molecule has 0 unspecified atom stereocenters. The summed E-state index contributed by atoms with van der Waals surface area (Å²) in [5.41, 5.74) is 1.97. The topological polar surface area (TPSA) is 167 Å². The maximum absolute atomic E-state index is 14.0. The lowest BCUT2D eigenvalue weighted by Gasteiger charge is -2.39. The van der Waals surface area contributed by atoms with E-state index in [0.29, 0.717) is 45.4 Å². The number of amides is 1. The molecular weight excluding hydrogens is 652 g/mol. The van der Waals surface area contributed by atoms with Gasteiger partial charge in [0.25, 0.3) is 11.7 Å². The molecule has 0 saturated carbocycles. The van der Waals surface area contributed by atoms with Gasteiger partial charge in [0.1, 0.15) is 0 Å². The van der Waals surface area contributed by atoms with E-state index in [4.69, 9.17) is 33.2 Å². The van der Waals surface area contributed by atoms with Gasteiger partial charge in [-0.15, -0.1) is 0 Å². The van der Waals surface area contributed by atoms with Gasteiger partial charge in [-0.3, -0.25) is 23.7 Å². The molecule has 14 heteroatoms. The van der Waals surface area contributed by atoms with Crippen LogP contribution in [0.3, 0.4) is 0 Å². The third kappa shape index (κ3) is 4.97. The summed E-state index contributed by atoms with van der Waals surface area (Å²) in [5, 5.41) is 2.96. The van der Waals surface area contributed by atoms with E-state index in [9.17, 15) is 24.0 Å². The van der Waals surface area contributed by atoms with Gasteiger partial charge in [0.2, 0.25) is 18.4 Å². The van der Waals surface area contributed by atoms with Crippen LogP contribution in [0.5, 0.6) is 28.7 Å². The Labute approximate surface area is 285 Å². The first kappa shape index (κ1) is 32.5. The molecule has 4 aromatic rings. The third-order valence-corrected chi connectivity index (χ3v) is 9.54. The minimum Gasteiger partial charge on any atom is -0.493 e. The molecule has 4 atom stereocenters. The van der Waals surface area contributed by atoms with Crippen LogP contribution in [0, 0.1) is 11.8 Å². The number of nitrogens with one attached hydrogen (secondary N) is 1. The number of esters is 2. The lowest BCUT2D eigenvalue weighted by molar-refractivity contribution is -0.141. The molecule has 1 N–H and O–H groups in total. The van der Waals surface area contributed by atoms with E-state index in [1.165, 1.54) is 52.2 Å². The highest BCUT2D eigenvalue weighted by Gasteiger charge is 2.53. The Kier molecular flexibility index (Phi) is 8.08. The fourth-order valence-corrected chi connectivity index (χ4v) is 7.36. The second-order valence-electron chi connectivity index (χ2n) is 12.0. The lowest BCUT2D eigenvalue weighted by Crippen LogP contribution is -2.44. The maximum atomic E-state index is 14.0. The molecule has 0 spiro atoms. The number of ketones is 1. The van der Waals surface area contributed by atoms with E-state index < -0.39 is 53.3 Å². The predicted molar refractivity (Wildman–Crippen MR) is 173 cm³/mol. The van der Waals surface area contributed by atoms with E-state index in [2.05, 4.69) is 5.32 Å². The van der Waals surface area contributed by atoms with Gasteiger partial charge in [-0.05, 0) is 53.1 Å². The van der Waals surface area contributed by atoms with Crippen LogP contribution >= 0.6 is 0 Å². The summed E-state index contributed by atoms with van der Waals surface area (Å²) >= 11 is 0. The fraction of sp³-hybridized carbons (Fsp3) is 0.306. The number of Topliss-reactive ketones (excluding diaryl/α,β-unsaturated/α-hetero) is 1. The average molecular weight is 685 g/mol. The molecule has 0 radical (unpaired) electrons. The van der Waals surface area contributed by atoms with Gasteiger partial charge in [-0.25, -0.2) is 4.79 Å². The van der Waals surface area contributed by atoms with Crippen LogP contribution in [-0.4, -0.2) is 75.9 Å². The number of fused-ring (bicyclic) bond motifs is 4. The summed E-state index contributed by atoms with van der Waals surface area (Å²) in [6, 6.07) is 10.7. The van der Waals surface area contributed by atoms with Crippen molar-refractivity contribution >= 4 is 40.4 Å². The Bertz CT molecular complexity index is 2090. The number of cyclic esters (lactones) is 1. The number of carbonyl (C=O) groups excluding carboxylic acids is 5. The number of aromatic nitrogens is 1. The summed E-state index contributed by atoms with van der Waals surface area (Å²) < 4.78 is 39.9. The van der Waals surface area contributed by atoms with Crippen LogP contribution in [0.25, 0.3) is 10.9 Å². The highest BCUT2D eigenvalue weighted by molar-refractivity contribution is 6.45. The quantitative estimate of drug-likeness (QED) is 0.162. The van der Waals surface area contributed by atoms with Crippen molar-refractivity contribution in [1.29, 1.82) is 0 Å². The molecule has 3 aromatic carbocycles. The fourth-order valence-electron chi connectivity index (χ4n) is 7.36. The van der Waals surface area contributed by atoms with Gasteiger partial charge in [0.15, 0.2) is 23.0 Å². The SMILES string of the molecule is COC(=O)c1cccc2c1c(C(=O)C(=O)N[C@@H]1c3cc4c(cc3[C@@H](c3cc(OC)c(OC)c(OC)c3)[C@H]3C(=O)OC[C@@H]31)OCO4)cn2C(C)=O. The molecule has 2 aliphatic heterocycles. The van der Waals surface area contributed by atoms with Crippen molar-refractivity contribution in [2.75, 3.05) is 41.8 Å². The molecule has 50 heavy (non-hydrogen) atoms. The zero-order valence-electron chi connectivity index (χ0n) is 27.7. The number of carbonyl (C=O) groups is 5. The predicted octanol–water partition coefficient (Wildman–Crippen LogP) is 3.82. The van der Waals surface area contributed by atoms with Crippen LogP contribution in [0.15, 0.2) is 48.7 Å². The summed E-state index contributed by atoms with van der Waals surface area (Å²) in [6.07, 6.45) is 1.24. The smallest absolute Gasteiger partial charge is 0.338 e. The normalized spacial score (nSPS) is 20.0. The number of nitrogens with zero attached hydrogens (tertiary/aromatic N) is 1. The van der Waals surface area contributed by atoms with Crippen LogP contribution in [0.1, 0.15) is 61.1 Å². The van der Waals surface area contributed by atoms with Crippen molar-refractivity contribution in [1.82, 2.24) is 9.88 Å². The molecule has 1 amide bonds. The molecule has 258 valence electrons. The van der Waals surface area contributed by atoms with Gasteiger partial charge in [-0.2, -0.15) is 0 Å². The molecule has 1 aliphatic carbocycles. The van der Waals surface area contributed by atoms with E-state index in [-0.39, 0.29) is 35.4 Å². The number of ether oxygens (including phenoxy) is 7. The van der Waals surface area contributed by atoms with Gasteiger partial charge >= 0.3 is 11.9 Å². The second kappa shape index (κ2) is 12.4. The van der Waals surface area contributed by atoms with Gasteiger partial charge < -0.3 is 38.5 Å². The highest BCUT2D eigenvalue weighted by atomic mass is 16.7. The van der Waals surface area contributed by atoms with E-state index in [1.54, 1.807) is 36.4 Å². The number of hydrogen-bond donors (Lipinski definition) is 1. The van der Waals surface area contributed by atoms with E-state index in [0.717, 1.165) is 0 Å². The van der Waals surface area contributed by atoms with Crippen LogP contribution in [0.4, 0.5) is 0 Å². The Morgan fingerprint density at radius 2 is 1.54 bits per heavy atom. The van der Waals surface area contributed by atoms with Crippen molar-refractivity contribution in [3.8, 4) is 28.7 Å². The van der Waals surface area contributed by atoms with Crippen molar-refractivity contribution < 1.29 is 57.1 Å². The van der Waals surface area contributed by atoms with Gasteiger partial charge in [-0.1, -0.05) is 6.07 Å². The Balaban J connectivity index is 1.35. The summed E-state index contributed by atoms with van der Waals surface area (Å²) in [5.74, 6) is -3.74. The lowest BCUT2D eigenvalue weighted by atomic mass is 9.65. The molecule has 1 aromatic heterocycles. The van der Waals surface area contributed by atoms with E-state index in [1.807, 2.05) is 0 Å². The molecular formula is C36H32N2O12. The molecule has 7 rings (SSSR count). The minimum absolute atomic E-state index is 0.0138. The average Bonchev–Trinajstić information content (AvgIpc) is 3.86. The summed E-state index contributed by atoms with van der Waals surface area (Å²) in [4.78, 5) is 66.8. The summed E-state index contributed by atoms with van der Waals surface area (Å²) in [7, 11) is 5.66. The largest absolute Gasteiger partial charge is 0.493 e. The van der Waals surface area contributed by atoms with E-state index >= 15 is 0 Å². The molecule has 3 heterocycles. The number of benzene rings is 3. The molecule has 0 bridgehead atoms. The Morgan fingerprint density at radius 3 is 2.16 bits per heavy atom. The molecule has 14 nitrogen and oxygen atoms in total.